The summed E-state index contributed by atoms with van der Waals surface area (Å²) in [5.41, 5.74) is -0.143. The number of rotatable bonds is 19. The monoisotopic (exact) mass is 880 g/mol. The van der Waals surface area contributed by atoms with E-state index in [1.165, 1.54) is 5.01 Å². The summed E-state index contributed by atoms with van der Waals surface area (Å²) in [7, 11) is 0. The van der Waals surface area contributed by atoms with Crippen LogP contribution >= 0.6 is 0 Å². The number of nitrogens with zero attached hydrogens (tertiary/aromatic N) is 4. The van der Waals surface area contributed by atoms with Crippen LogP contribution < -0.4 is 16.0 Å². The predicted octanol–water partition coefficient (Wildman–Crippen LogP) is 0.408. The molecule has 2 unspecified atom stereocenters. The van der Waals surface area contributed by atoms with E-state index in [1.807, 2.05) is 6.92 Å². The highest BCUT2D eigenvalue weighted by atomic mass is 16.5. The number of fused-ring (bicyclic) bond motifs is 5. The molecule has 62 heavy (non-hydrogen) atoms. The summed E-state index contributed by atoms with van der Waals surface area (Å²) < 4.78 is 0. The molecule has 4 saturated carbocycles. The summed E-state index contributed by atoms with van der Waals surface area (Å²) >= 11 is 0. The fourth-order valence-electron chi connectivity index (χ4n) is 12.8. The fraction of sp³-hybridized carbons (Fsp3) is 0.860. The summed E-state index contributed by atoms with van der Waals surface area (Å²) in [5.74, 6) is -5.31. The second-order valence-corrected chi connectivity index (χ2v) is 19.6. The van der Waals surface area contributed by atoms with Crippen molar-refractivity contribution in [3.05, 3.63) is 0 Å². The molecule has 352 valence electrons. The largest absolute Gasteiger partial charge is 0.481 e. The zero-order valence-corrected chi connectivity index (χ0v) is 36.9. The Morgan fingerprint density at radius 2 is 1.27 bits per heavy atom. The van der Waals surface area contributed by atoms with Crippen molar-refractivity contribution in [1.82, 2.24) is 35.8 Å². The number of hydrogen-bond donors (Lipinski definition) is 9. The number of nitrogens with one attached hydrogen (secondary N) is 3. The van der Waals surface area contributed by atoms with Gasteiger partial charge in [0.05, 0.1) is 26.2 Å². The summed E-state index contributed by atoms with van der Waals surface area (Å²) in [6.45, 7) is 7.75. The van der Waals surface area contributed by atoms with Gasteiger partial charge in [0.1, 0.15) is 6.54 Å². The smallest absolute Gasteiger partial charge is 0.319 e. The minimum absolute atomic E-state index is 0.0226. The summed E-state index contributed by atoms with van der Waals surface area (Å²) in [6.07, 6.45) is 8.10. The first-order valence-electron chi connectivity index (χ1n) is 22.7. The van der Waals surface area contributed by atoms with Crippen LogP contribution in [0.2, 0.25) is 0 Å². The Kier molecular flexibility index (Phi) is 17.2. The summed E-state index contributed by atoms with van der Waals surface area (Å²) in [4.78, 5) is 75.4. The fourth-order valence-corrected chi connectivity index (χ4v) is 12.8. The van der Waals surface area contributed by atoms with Gasteiger partial charge in [-0.05, 0) is 105 Å². The second kappa shape index (κ2) is 21.5. The van der Waals surface area contributed by atoms with Crippen molar-refractivity contribution < 1.29 is 59.4 Å². The van der Waals surface area contributed by atoms with Gasteiger partial charge in [-0.1, -0.05) is 20.8 Å². The van der Waals surface area contributed by atoms with Crippen molar-refractivity contribution in [1.29, 1.82) is 0 Å². The minimum atomic E-state index is -1.81. The Balaban J connectivity index is 1.04. The number of hydrogen-bond acceptors (Lipinski definition) is 13. The number of carboxylic acids is 4. The highest BCUT2D eigenvalue weighted by Gasteiger charge is 2.66. The molecule has 0 aromatic carbocycles. The van der Waals surface area contributed by atoms with Gasteiger partial charge in [0.2, 0.25) is 11.8 Å². The summed E-state index contributed by atoms with van der Waals surface area (Å²) in [5, 5.41) is 72.7. The van der Waals surface area contributed by atoms with Crippen LogP contribution in [0.3, 0.4) is 0 Å². The van der Waals surface area contributed by atoms with E-state index in [9.17, 15) is 59.4 Å². The lowest BCUT2D eigenvalue weighted by molar-refractivity contribution is -0.211. The topological polar surface area (TPSA) is 273 Å². The molecule has 0 aromatic rings. The molecule has 0 spiro atoms. The van der Waals surface area contributed by atoms with E-state index in [0.717, 1.165) is 44.9 Å². The molecule has 4 aliphatic carbocycles. The van der Waals surface area contributed by atoms with E-state index >= 15 is 0 Å². The van der Waals surface area contributed by atoms with Gasteiger partial charge in [-0.2, -0.15) is 0 Å². The van der Waals surface area contributed by atoms with Crippen LogP contribution in [-0.2, 0) is 28.8 Å². The van der Waals surface area contributed by atoms with Gasteiger partial charge in [0.15, 0.2) is 5.79 Å². The Hall–Kier alpha value is -3.46. The number of hydrazine groups is 1. The van der Waals surface area contributed by atoms with E-state index in [0.29, 0.717) is 63.2 Å². The van der Waals surface area contributed by atoms with Crippen LogP contribution in [-0.4, -0.2) is 183 Å². The van der Waals surface area contributed by atoms with Crippen molar-refractivity contribution >= 4 is 35.7 Å². The van der Waals surface area contributed by atoms with Crippen molar-refractivity contribution in [2.24, 2.45) is 46.3 Å². The molecule has 5 aliphatic rings. The lowest BCUT2D eigenvalue weighted by atomic mass is 9.44. The van der Waals surface area contributed by atoms with Gasteiger partial charge in [-0.25, -0.2) is 10.0 Å². The van der Waals surface area contributed by atoms with Crippen LogP contribution in [0.1, 0.15) is 91.4 Å². The van der Waals surface area contributed by atoms with E-state index in [-0.39, 0.29) is 105 Å². The van der Waals surface area contributed by atoms with Crippen LogP contribution in [0.25, 0.3) is 0 Å². The Bertz CT molecular complexity index is 1600. The number of amides is 2. The minimum Gasteiger partial charge on any atom is -0.481 e. The van der Waals surface area contributed by atoms with Crippen molar-refractivity contribution in [3.8, 4) is 0 Å². The van der Waals surface area contributed by atoms with E-state index in [4.69, 9.17) is 0 Å². The molecule has 1 aliphatic heterocycles. The average molecular weight is 880 g/mol. The molecule has 9 N–H and O–H groups in total. The van der Waals surface area contributed by atoms with Gasteiger partial charge >= 0.3 is 23.9 Å². The molecule has 5 fully saturated rings. The maximum Gasteiger partial charge on any atom is 0.319 e. The maximum absolute atomic E-state index is 13.0. The van der Waals surface area contributed by atoms with Gasteiger partial charge in [0, 0.05) is 70.6 Å². The van der Waals surface area contributed by atoms with Crippen molar-refractivity contribution in [2.75, 3.05) is 85.1 Å². The molecule has 9 atom stereocenters. The number of aliphatic carboxylic acids is 4. The molecule has 0 aromatic heterocycles. The summed E-state index contributed by atoms with van der Waals surface area (Å²) in [6, 6.07) is 0.0784. The first kappa shape index (κ1) is 49.6. The van der Waals surface area contributed by atoms with Gasteiger partial charge in [0.25, 0.3) is 0 Å². The lowest BCUT2D eigenvalue weighted by Gasteiger charge is -2.61. The molecule has 1 saturated heterocycles. The molecule has 0 bridgehead atoms. The number of carboxylic acid groups (broad SMARTS) is 4. The van der Waals surface area contributed by atoms with Crippen molar-refractivity contribution in [3.63, 3.8) is 0 Å². The third-order valence-electron chi connectivity index (χ3n) is 15.6. The number of carbonyl (C=O) groups excluding carboxylic acids is 2. The lowest BCUT2D eigenvalue weighted by Crippen LogP contribution is -2.56. The first-order valence-corrected chi connectivity index (χ1v) is 22.7. The standard InChI is InChI=1S/C43H73N7O12/c1-28(5-8-36(53)54)40-42(3)12-10-32-31(33(42)22-43(40,61)62)7-6-29-21-30(9-11-41(29,32)2)46-34(51)23-44-13-4-14-45-35(52)24-49-19-17-47(25-37(55)56)15-16-48(26-38(57)58)18-20-50(49)27-39(59)60/h28-33,40,44,61-62H,4-27H2,1-3H3,(H,45,52)(H,46,51)(H,53,54)(H,55,56)(H,57,58)(H,59,60)/t28-,29?,30?,31-,32+,33+,40-,41+,42+/m1/s1. The molecule has 1 heterocycles. The Morgan fingerprint density at radius 3 is 1.89 bits per heavy atom. The molecule has 5 rings (SSSR count). The van der Waals surface area contributed by atoms with E-state index in [2.05, 4.69) is 29.8 Å². The SMILES string of the molecule is C[C@H](CCC(=O)O)[C@H]1C(O)(O)C[C@H]2[C@@H]3CCC4CC(NC(=O)CNCCCNC(=O)CN5CCN(CC(=O)O)CCN(CC(=O)O)CCN5CC(=O)O)CC[C@]4(C)[C@H]3CC[C@@]21C. The van der Waals surface area contributed by atoms with Crippen LogP contribution in [0.5, 0.6) is 0 Å². The van der Waals surface area contributed by atoms with Gasteiger partial charge in [-0.3, -0.25) is 38.6 Å². The third-order valence-corrected chi connectivity index (χ3v) is 15.6. The zero-order chi connectivity index (χ0) is 45.4. The number of carbonyl (C=O) groups is 6. The molecular weight excluding hydrogens is 807 g/mol. The highest BCUT2D eigenvalue weighted by Crippen LogP contribution is 2.69. The third kappa shape index (κ3) is 12.6. The maximum atomic E-state index is 13.0. The van der Waals surface area contributed by atoms with Crippen LogP contribution in [0.15, 0.2) is 0 Å². The van der Waals surface area contributed by atoms with Crippen LogP contribution in [0.4, 0.5) is 0 Å². The molecular formula is C43H73N7O12. The van der Waals surface area contributed by atoms with Gasteiger partial charge in [-0.15, -0.1) is 0 Å². The van der Waals surface area contributed by atoms with Crippen LogP contribution in [0, 0.1) is 46.3 Å². The Morgan fingerprint density at radius 1 is 0.677 bits per heavy atom. The first-order chi connectivity index (χ1) is 29.2. The average Bonchev–Trinajstić information content (AvgIpc) is 3.41. The zero-order valence-electron chi connectivity index (χ0n) is 36.9. The predicted molar refractivity (Wildman–Crippen MR) is 225 cm³/mol. The molecule has 19 nitrogen and oxygen atoms in total. The van der Waals surface area contributed by atoms with E-state index in [1.54, 1.807) is 14.8 Å². The number of aliphatic hydroxyl groups is 2. The van der Waals surface area contributed by atoms with E-state index < -0.39 is 36.2 Å². The Labute approximate surface area is 364 Å². The van der Waals surface area contributed by atoms with Gasteiger partial charge < -0.3 is 46.6 Å². The van der Waals surface area contributed by atoms with Crippen molar-refractivity contribution in [2.45, 2.75) is 103 Å². The quantitative estimate of drug-likeness (QED) is 0.0628. The second-order valence-electron chi connectivity index (χ2n) is 19.6. The molecule has 2 amide bonds. The highest BCUT2D eigenvalue weighted by molar-refractivity contribution is 5.78. The normalized spacial score (nSPS) is 32.7. The molecule has 19 heteroatoms. The molecule has 0 radical (unpaired) electrons.